The predicted octanol–water partition coefficient (Wildman–Crippen LogP) is 4.44. The Morgan fingerprint density at radius 1 is 0.545 bits per heavy atom. The monoisotopic (exact) mass is 475 g/mol. The van der Waals surface area contributed by atoms with Gasteiger partial charge in [-0.3, -0.25) is 0 Å². The molecular formula is H14Cl6IrN3O. The molecular weight excluding hydrogens is 463 g/mol. The van der Waals surface area contributed by atoms with Crippen LogP contribution in [0.2, 0.25) is 0 Å². The van der Waals surface area contributed by atoms with Gasteiger partial charge < -0.3 is 23.9 Å². The molecule has 0 spiro atoms. The number of hydrogen-bond acceptors (Lipinski definition) is 0. The third-order valence-corrected chi connectivity index (χ3v) is 0. The Labute approximate surface area is 87.4 Å². The fraction of sp³-hybridized carbons (Fsp3) is 0. The Kier molecular flexibility index (Phi) is 13.8. The van der Waals surface area contributed by atoms with E-state index in [1.54, 1.807) is 0 Å². The molecule has 0 saturated heterocycles. The average molecular weight is 477 g/mol. The molecule has 0 atom stereocenters. The van der Waals surface area contributed by atoms with Gasteiger partial charge in [0.2, 0.25) is 0 Å². The van der Waals surface area contributed by atoms with Gasteiger partial charge in [0, 0.05) is 0 Å². The second-order valence-electron chi connectivity index (χ2n) is 0.714. The van der Waals surface area contributed by atoms with Gasteiger partial charge in [-0.15, -0.1) is 0 Å². The summed E-state index contributed by atoms with van der Waals surface area (Å²) in [6, 6.07) is 0. The van der Waals surface area contributed by atoms with Crippen LogP contribution in [-0.4, -0.2) is 5.48 Å². The van der Waals surface area contributed by atoms with Crippen LogP contribution in [0.3, 0.4) is 0 Å². The van der Waals surface area contributed by atoms with Gasteiger partial charge in [-0.25, -0.2) is 0 Å². The smallest absolute Gasteiger partial charge is 0.369 e. The third-order valence-electron chi connectivity index (χ3n) is 0. The second-order valence-corrected chi connectivity index (χ2v) is 52.6. The van der Waals surface area contributed by atoms with E-state index in [2.05, 4.69) is 0 Å². The van der Waals surface area contributed by atoms with Crippen molar-refractivity contribution >= 4 is 57.5 Å². The van der Waals surface area contributed by atoms with Crippen molar-refractivity contribution in [2.24, 2.45) is 0 Å². The normalized spacial score (nSPS) is 14.7. The molecule has 0 unspecified atom stereocenters. The van der Waals surface area contributed by atoms with Crippen LogP contribution >= 0.6 is 57.5 Å². The summed E-state index contributed by atoms with van der Waals surface area (Å²) in [4.78, 5) is 0. The van der Waals surface area contributed by atoms with Crippen LogP contribution < -0.4 is 18.5 Å². The minimum Gasteiger partial charge on any atom is -0.369 e. The molecule has 14 N–H and O–H groups in total. The van der Waals surface area contributed by atoms with Gasteiger partial charge in [0.05, 0.1) is 0 Å². The Bertz CT molecular complexity index is 76.4. The summed E-state index contributed by atoms with van der Waals surface area (Å²) in [7, 11) is 30.3. The molecule has 0 radical (unpaired) electrons. The summed E-state index contributed by atoms with van der Waals surface area (Å²) in [6.45, 7) is -5.33. The summed E-state index contributed by atoms with van der Waals surface area (Å²) in [6.07, 6.45) is 0. The Morgan fingerprint density at radius 3 is 0.545 bits per heavy atom. The van der Waals surface area contributed by atoms with Gasteiger partial charge in [0.25, 0.3) is 0 Å². The van der Waals surface area contributed by atoms with Gasteiger partial charge in [-0.2, -0.15) is 0 Å². The van der Waals surface area contributed by atoms with Gasteiger partial charge in [-0.1, -0.05) is 0 Å². The van der Waals surface area contributed by atoms with E-state index in [9.17, 15) is 0 Å². The van der Waals surface area contributed by atoms with E-state index in [-0.39, 0.29) is 23.9 Å². The maximum absolute atomic E-state index is 5.33. The molecule has 4 nitrogen and oxygen atoms in total. The molecule has 0 aliphatic rings. The minimum absolute atomic E-state index is 0. The van der Waals surface area contributed by atoms with Crippen molar-refractivity contribution in [2.45, 2.75) is 0 Å². The summed E-state index contributed by atoms with van der Waals surface area (Å²) in [5.41, 5.74) is 0. The first-order chi connectivity index (χ1) is 2.45. The van der Waals surface area contributed by atoms with E-state index in [1.165, 1.54) is 0 Å². The molecule has 0 rings (SSSR count). The maximum Gasteiger partial charge on any atom is -0.369 e. The topological polar surface area (TPSA) is 141 Å². The summed E-state index contributed by atoms with van der Waals surface area (Å²) >= 11 is 0. The van der Waals surface area contributed by atoms with E-state index < -0.39 is 6.81 Å². The van der Waals surface area contributed by atoms with Crippen molar-refractivity contribution in [1.82, 2.24) is 18.5 Å². The average Bonchev–Trinajstić information content (AvgIpc) is 0.592. The second kappa shape index (κ2) is 5.19. The fourth-order valence-corrected chi connectivity index (χ4v) is 0. The van der Waals surface area contributed by atoms with Crippen LogP contribution in [0.1, 0.15) is 0 Å². The molecule has 0 aromatic heterocycles. The largest absolute Gasteiger partial charge is 0.369 e. The van der Waals surface area contributed by atoms with Crippen molar-refractivity contribution in [3.05, 3.63) is 0 Å². The molecule has 0 aliphatic heterocycles. The maximum atomic E-state index is 5.06. The summed E-state index contributed by atoms with van der Waals surface area (Å²) < 4.78 is 0. The van der Waals surface area contributed by atoms with E-state index in [0.717, 1.165) is 0 Å². The van der Waals surface area contributed by atoms with Crippen molar-refractivity contribution < 1.29 is 12.3 Å². The van der Waals surface area contributed by atoms with Crippen molar-refractivity contribution in [1.29, 1.82) is 0 Å². The standard InChI is InChI=1S/6ClH.Ir.3H3N.H2O/h6*1H;;3*1H3;1H2/q;;;;;;+3;;;;/p-3. The van der Waals surface area contributed by atoms with Crippen LogP contribution in [0, 0.1) is 0 Å². The van der Waals surface area contributed by atoms with Crippen LogP contribution in [0.5, 0.6) is 0 Å². The van der Waals surface area contributed by atoms with Gasteiger partial charge in [0.1, 0.15) is 0 Å². The van der Waals surface area contributed by atoms with E-state index in [0.29, 0.717) is 0 Å². The van der Waals surface area contributed by atoms with Gasteiger partial charge >= 0.3 is 64.3 Å². The summed E-state index contributed by atoms with van der Waals surface area (Å²) in [5.74, 6) is 0. The Morgan fingerprint density at radius 2 is 0.545 bits per heavy atom. The molecule has 11 heavy (non-hydrogen) atoms. The van der Waals surface area contributed by atoms with Crippen molar-refractivity contribution in [2.75, 3.05) is 0 Å². The molecule has 11 heteroatoms. The molecule has 0 heterocycles. The molecule has 0 aromatic carbocycles. The summed E-state index contributed by atoms with van der Waals surface area (Å²) in [5, 5.41) is 0. The van der Waals surface area contributed by atoms with E-state index in [1.807, 2.05) is 0 Å². The fourth-order valence-electron chi connectivity index (χ4n) is 0. The zero-order chi connectivity index (χ0) is 6.41. The van der Waals surface area contributed by atoms with Gasteiger partial charge in [-0.05, 0) is 0 Å². The molecule has 0 aromatic rings. The van der Waals surface area contributed by atoms with Crippen molar-refractivity contribution in [3.63, 3.8) is 0 Å². The number of rotatable bonds is 0. The van der Waals surface area contributed by atoms with Crippen LogP contribution in [-0.2, 0) is 6.81 Å². The number of halogens is 6. The quantitative estimate of drug-likeness (QED) is 0.454. The molecule has 0 amide bonds. The van der Waals surface area contributed by atoms with Crippen LogP contribution in [0.25, 0.3) is 0 Å². The zero-order valence-electron chi connectivity index (χ0n) is 6.10. The molecule has 0 fully saturated rings. The third kappa shape index (κ3) is 257. The predicted molar refractivity (Wildman–Crippen MR) is 56.7 cm³/mol. The molecule has 0 saturated carbocycles. The molecule has 86 valence electrons. The minimum atomic E-state index is -5.33. The zero-order valence-corrected chi connectivity index (χ0v) is 13.0. The van der Waals surface area contributed by atoms with E-state index in [4.69, 9.17) is 57.5 Å². The first-order valence-electron chi connectivity index (χ1n) is 0.756. The van der Waals surface area contributed by atoms with E-state index >= 15 is 0 Å². The SMILES string of the molecule is O.[Cl][Ir-3]([Cl])([Cl])([Cl])([Cl])[Cl].[NH4+].[NH4+].[NH4+]. The number of hydrogen-bond donors (Lipinski definition) is 3. The molecule has 0 aliphatic carbocycles. The van der Waals surface area contributed by atoms with Crippen LogP contribution in [0.15, 0.2) is 0 Å². The Balaban J connectivity index is -0.0000000300. The van der Waals surface area contributed by atoms with Crippen molar-refractivity contribution in [3.8, 4) is 0 Å². The Hall–Kier alpha value is 2.23. The van der Waals surface area contributed by atoms with Crippen LogP contribution in [0.4, 0.5) is 0 Å². The van der Waals surface area contributed by atoms with Gasteiger partial charge in [0.15, 0.2) is 0 Å². The molecule has 0 bridgehead atoms. The first-order valence-corrected chi connectivity index (χ1v) is 18.6. The number of quaternary nitrogens is 3. The first kappa shape index (κ1) is 29.2.